The van der Waals surface area contributed by atoms with Gasteiger partial charge in [0.25, 0.3) is 0 Å². The van der Waals surface area contributed by atoms with E-state index in [4.69, 9.17) is 4.74 Å². The first-order chi connectivity index (χ1) is 5.65. The van der Waals surface area contributed by atoms with Crippen molar-refractivity contribution in [2.75, 3.05) is 7.11 Å². The topological polar surface area (TPSA) is 9.23 Å². The molecule has 0 atom stereocenters. The number of aryl methyl sites for hydroxylation is 1. The molecule has 0 bridgehead atoms. The highest BCUT2D eigenvalue weighted by molar-refractivity contribution is 5.41. The lowest BCUT2D eigenvalue weighted by atomic mass is 10.0. The summed E-state index contributed by atoms with van der Waals surface area (Å²) < 4.78 is 5.22. The Kier molecular flexibility index (Phi) is 2.74. The lowest BCUT2D eigenvalue weighted by Crippen LogP contribution is -1.92. The summed E-state index contributed by atoms with van der Waals surface area (Å²) in [5, 5.41) is 0. The highest BCUT2D eigenvalue weighted by Gasteiger charge is 2.03. The SMILES string of the molecule is COc1cc([C](C)C)ccc1C. The zero-order valence-electron chi connectivity index (χ0n) is 8.14. The average molecular weight is 163 g/mol. The van der Waals surface area contributed by atoms with E-state index in [1.54, 1.807) is 7.11 Å². The Balaban J connectivity index is 3.05. The molecule has 1 nitrogen and oxygen atoms in total. The van der Waals surface area contributed by atoms with Crippen molar-refractivity contribution in [3.63, 3.8) is 0 Å². The zero-order valence-corrected chi connectivity index (χ0v) is 8.14. The van der Waals surface area contributed by atoms with Crippen LogP contribution in [0.3, 0.4) is 0 Å². The Hall–Kier alpha value is -0.980. The molecule has 0 heterocycles. The van der Waals surface area contributed by atoms with Crippen LogP contribution in [0, 0.1) is 12.8 Å². The van der Waals surface area contributed by atoms with E-state index in [-0.39, 0.29) is 0 Å². The predicted molar refractivity (Wildman–Crippen MR) is 51.4 cm³/mol. The average Bonchev–Trinajstić information content (AvgIpc) is 2.05. The number of ether oxygens (including phenoxy) is 1. The molecule has 0 unspecified atom stereocenters. The van der Waals surface area contributed by atoms with Gasteiger partial charge < -0.3 is 4.74 Å². The zero-order chi connectivity index (χ0) is 9.14. The third kappa shape index (κ3) is 1.79. The van der Waals surface area contributed by atoms with Crippen molar-refractivity contribution in [2.45, 2.75) is 20.8 Å². The van der Waals surface area contributed by atoms with E-state index in [2.05, 4.69) is 32.0 Å². The molecule has 1 heteroatoms. The number of hydrogen-bond donors (Lipinski definition) is 0. The Bertz CT molecular complexity index is 264. The lowest BCUT2D eigenvalue weighted by Gasteiger charge is -2.09. The van der Waals surface area contributed by atoms with E-state index < -0.39 is 0 Å². The molecule has 0 saturated heterocycles. The molecule has 1 radical (unpaired) electrons. The number of methoxy groups -OCH3 is 1. The maximum absolute atomic E-state index is 5.22. The molecule has 0 aliphatic heterocycles. The predicted octanol–water partition coefficient (Wildman–Crippen LogP) is 2.97. The van der Waals surface area contributed by atoms with Crippen molar-refractivity contribution in [2.24, 2.45) is 0 Å². The van der Waals surface area contributed by atoms with E-state index in [1.165, 1.54) is 17.0 Å². The van der Waals surface area contributed by atoms with Gasteiger partial charge in [0.15, 0.2) is 0 Å². The molecule has 0 N–H and O–H groups in total. The summed E-state index contributed by atoms with van der Waals surface area (Å²) in [6.07, 6.45) is 0. The molecule has 0 fully saturated rings. The van der Waals surface area contributed by atoms with Gasteiger partial charge in [0, 0.05) is 0 Å². The number of benzene rings is 1. The molecule has 0 aliphatic rings. The first-order valence-corrected chi connectivity index (χ1v) is 4.10. The van der Waals surface area contributed by atoms with E-state index in [0.717, 1.165) is 5.75 Å². The monoisotopic (exact) mass is 163 g/mol. The van der Waals surface area contributed by atoms with Crippen molar-refractivity contribution in [3.05, 3.63) is 35.2 Å². The Morgan fingerprint density at radius 2 is 1.92 bits per heavy atom. The normalized spacial score (nSPS) is 10.4. The fourth-order valence-electron chi connectivity index (χ4n) is 1.13. The minimum atomic E-state index is 0.966. The summed E-state index contributed by atoms with van der Waals surface area (Å²) in [7, 11) is 1.71. The van der Waals surface area contributed by atoms with Crippen LogP contribution in [-0.4, -0.2) is 7.11 Å². The molecule has 0 spiro atoms. The van der Waals surface area contributed by atoms with Gasteiger partial charge in [-0.2, -0.15) is 0 Å². The summed E-state index contributed by atoms with van der Waals surface area (Å²) in [6, 6.07) is 6.28. The molecular weight excluding hydrogens is 148 g/mol. The lowest BCUT2D eigenvalue weighted by molar-refractivity contribution is 0.411. The van der Waals surface area contributed by atoms with Gasteiger partial charge in [0.1, 0.15) is 5.75 Å². The molecule has 1 aromatic carbocycles. The third-order valence-corrected chi connectivity index (χ3v) is 1.99. The van der Waals surface area contributed by atoms with Gasteiger partial charge in [0.2, 0.25) is 0 Å². The van der Waals surface area contributed by atoms with E-state index >= 15 is 0 Å². The third-order valence-electron chi connectivity index (χ3n) is 1.99. The van der Waals surface area contributed by atoms with Crippen LogP contribution in [0.25, 0.3) is 0 Å². The molecule has 0 saturated carbocycles. The molecule has 65 valence electrons. The first-order valence-electron chi connectivity index (χ1n) is 4.10. The second-order valence-electron chi connectivity index (χ2n) is 3.18. The van der Waals surface area contributed by atoms with Gasteiger partial charge in [-0.25, -0.2) is 0 Å². The van der Waals surface area contributed by atoms with Gasteiger partial charge in [-0.15, -0.1) is 0 Å². The summed E-state index contributed by atoms with van der Waals surface area (Å²) >= 11 is 0. The Morgan fingerprint density at radius 3 is 2.42 bits per heavy atom. The van der Waals surface area contributed by atoms with Crippen LogP contribution in [0.4, 0.5) is 0 Å². The molecular formula is C11H15O. The van der Waals surface area contributed by atoms with Crippen LogP contribution in [0.2, 0.25) is 0 Å². The second-order valence-corrected chi connectivity index (χ2v) is 3.18. The van der Waals surface area contributed by atoms with E-state index in [0.29, 0.717) is 0 Å². The highest BCUT2D eigenvalue weighted by Crippen LogP contribution is 2.23. The van der Waals surface area contributed by atoms with Gasteiger partial charge in [-0.1, -0.05) is 26.0 Å². The smallest absolute Gasteiger partial charge is 0.122 e. The van der Waals surface area contributed by atoms with Crippen LogP contribution in [0.5, 0.6) is 5.75 Å². The summed E-state index contributed by atoms with van der Waals surface area (Å²) in [5.41, 5.74) is 2.43. The van der Waals surface area contributed by atoms with Crippen molar-refractivity contribution < 1.29 is 4.74 Å². The Morgan fingerprint density at radius 1 is 1.25 bits per heavy atom. The van der Waals surface area contributed by atoms with Crippen molar-refractivity contribution >= 4 is 0 Å². The molecule has 1 rings (SSSR count). The van der Waals surface area contributed by atoms with Crippen LogP contribution >= 0.6 is 0 Å². The van der Waals surface area contributed by atoms with Crippen LogP contribution < -0.4 is 4.74 Å². The maximum Gasteiger partial charge on any atom is 0.122 e. The van der Waals surface area contributed by atoms with E-state index in [9.17, 15) is 0 Å². The molecule has 1 aromatic rings. The maximum atomic E-state index is 5.22. The quantitative estimate of drug-likeness (QED) is 0.651. The molecule has 0 amide bonds. The summed E-state index contributed by atoms with van der Waals surface area (Å²) in [5.74, 6) is 2.28. The van der Waals surface area contributed by atoms with Gasteiger partial charge >= 0.3 is 0 Å². The van der Waals surface area contributed by atoms with Gasteiger partial charge in [0.05, 0.1) is 7.11 Å². The summed E-state index contributed by atoms with van der Waals surface area (Å²) in [6.45, 7) is 6.25. The molecule has 12 heavy (non-hydrogen) atoms. The first kappa shape index (κ1) is 9.11. The Labute approximate surface area is 74.4 Å². The summed E-state index contributed by atoms with van der Waals surface area (Å²) in [4.78, 5) is 0. The minimum absolute atomic E-state index is 0.966. The van der Waals surface area contributed by atoms with Crippen molar-refractivity contribution in [3.8, 4) is 5.75 Å². The fraction of sp³-hybridized carbons (Fsp3) is 0.364. The standard InChI is InChI=1S/C11H15O/c1-8(2)10-6-5-9(3)11(7-10)12-4/h5-7H,1-4H3. The van der Waals surface area contributed by atoms with Crippen LogP contribution in [0.1, 0.15) is 25.0 Å². The van der Waals surface area contributed by atoms with Crippen LogP contribution in [0.15, 0.2) is 18.2 Å². The minimum Gasteiger partial charge on any atom is -0.496 e. The van der Waals surface area contributed by atoms with Gasteiger partial charge in [-0.05, 0) is 30.0 Å². The van der Waals surface area contributed by atoms with E-state index in [1.807, 2.05) is 6.92 Å². The fourth-order valence-corrected chi connectivity index (χ4v) is 1.13. The van der Waals surface area contributed by atoms with Crippen molar-refractivity contribution in [1.82, 2.24) is 0 Å². The molecule has 0 aliphatic carbocycles. The van der Waals surface area contributed by atoms with Crippen molar-refractivity contribution in [1.29, 1.82) is 0 Å². The van der Waals surface area contributed by atoms with Gasteiger partial charge in [-0.3, -0.25) is 0 Å². The second kappa shape index (κ2) is 3.61. The molecule has 0 aromatic heterocycles. The number of rotatable bonds is 2. The number of hydrogen-bond acceptors (Lipinski definition) is 1. The largest absolute Gasteiger partial charge is 0.496 e. The highest BCUT2D eigenvalue weighted by atomic mass is 16.5. The van der Waals surface area contributed by atoms with Crippen LogP contribution in [-0.2, 0) is 0 Å².